The number of methoxy groups -OCH3 is 1. The van der Waals surface area contributed by atoms with E-state index in [1.165, 1.54) is 12.0 Å². The maximum atomic E-state index is 13.8. The standard InChI is InChI=1S/C11H11BrF2N2O3S/c1-18-3-5-2-15-10(17)8-6-7(9(12)20-8)19-11(13,14)4-16(5)6/h5H,2-4H2,1H3,(H,15,17)/t5-/m0/s1. The second-order valence-corrected chi connectivity index (χ2v) is 6.91. The first-order valence-corrected chi connectivity index (χ1v) is 7.47. The van der Waals surface area contributed by atoms with Crippen molar-refractivity contribution >= 4 is 38.9 Å². The zero-order valence-electron chi connectivity index (χ0n) is 10.4. The summed E-state index contributed by atoms with van der Waals surface area (Å²) in [6.45, 7) is -0.108. The summed E-state index contributed by atoms with van der Waals surface area (Å²) in [5.41, 5.74) is 0.421. The zero-order valence-corrected chi connectivity index (χ0v) is 12.8. The van der Waals surface area contributed by atoms with Crippen molar-refractivity contribution in [2.45, 2.75) is 12.2 Å². The maximum Gasteiger partial charge on any atom is 0.416 e. The molecule has 0 unspecified atom stereocenters. The minimum absolute atomic E-state index is 0.0272. The molecule has 1 aromatic heterocycles. The maximum absolute atomic E-state index is 13.8. The molecule has 9 heteroatoms. The lowest BCUT2D eigenvalue weighted by Gasteiger charge is -2.38. The van der Waals surface area contributed by atoms with Crippen LogP contribution in [0.1, 0.15) is 9.67 Å². The van der Waals surface area contributed by atoms with Crippen LogP contribution in [0, 0.1) is 0 Å². The Morgan fingerprint density at radius 3 is 3.10 bits per heavy atom. The first-order valence-electron chi connectivity index (χ1n) is 5.86. The minimum atomic E-state index is -3.30. The van der Waals surface area contributed by atoms with E-state index < -0.39 is 12.7 Å². The number of carbonyl (C=O) groups excluding carboxylic acids is 1. The lowest BCUT2D eigenvalue weighted by molar-refractivity contribution is -0.173. The molecular weight excluding hydrogens is 358 g/mol. The Balaban J connectivity index is 2.14. The number of nitrogens with one attached hydrogen (secondary N) is 1. The Labute approximate surface area is 126 Å². The van der Waals surface area contributed by atoms with Gasteiger partial charge >= 0.3 is 6.11 Å². The van der Waals surface area contributed by atoms with E-state index in [0.717, 1.165) is 11.3 Å². The van der Waals surface area contributed by atoms with E-state index in [9.17, 15) is 13.6 Å². The third kappa shape index (κ3) is 2.17. The van der Waals surface area contributed by atoms with E-state index in [4.69, 9.17) is 9.47 Å². The van der Waals surface area contributed by atoms with Crippen LogP contribution in [0.5, 0.6) is 5.75 Å². The van der Waals surface area contributed by atoms with E-state index >= 15 is 0 Å². The highest BCUT2D eigenvalue weighted by Crippen LogP contribution is 2.51. The van der Waals surface area contributed by atoms with Crippen LogP contribution in [0.3, 0.4) is 0 Å². The number of thiophene rings is 1. The molecule has 3 heterocycles. The molecule has 0 saturated carbocycles. The smallest absolute Gasteiger partial charge is 0.416 e. The largest absolute Gasteiger partial charge is 0.427 e. The predicted octanol–water partition coefficient (Wildman–Crippen LogP) is 2.06. The fraction of sp³-hybridized carbons (Fsp3) is 0.545. The van der Waals surface area contributed by atoms with Gasteiger partial charge < -0.3 is 19.7 Å². The molecule has 0 aromatic carbocycles. The van der Waals surface area contributed by atoms with Crippen molar-refractivity contribution in [2.24, 2.45) is 0 Å². The average Bonchev–Trinajstić information content (AvgIpc) is 2.63. The summed E-state index contributed by atoms with van der Waals surface area (Å²) in [7, 11) is 1.50. The first-order chi connectivity index (χ1) is 9.43. The number of anilines is 1. The molecule has 1 atom stereocenters. The fourth-order valence-electron chi connectivity index (χ4n) is 2.40. The van der Waals surface area contributed by atoms with E-state index in [0.29, 0.717) is 14.4 Å². The van der Waals surface area contributed by atoms with Crippen LogP contribution in [0.25, 0.3) is 0 Å². The Bertz CT molecular complexity index is 566. The Morgan fingerprint density at radius 2 is 2.40 bits per heavy atom. The van der Waals surface area contributed by atoms with Gasteiger partial charge in [0.2, 0.25) is 0 Å². The number of halogens is 3. The lowest BCUT2D eigenvalue weighted by atomic mass is 10.2. The lowest BCUT2D eigenvalue weighted by Crippen LogP contribution is -2.52. The molecule has 1 amide bonds. The highest BCUT2D eigenvalue weighted by Gasteiger charge is 2.47. The van der Waals surface area contributed by atoms with Gasteiger partial charge in [-0.3, -0.25) is 4.79 Å². The molecule has 1 N–H and O–H groups in total. The fourth-order valence-corrected chi connectivity index (χ4v) is 4.03. The average molecular weight is 369 g/mol. The number of hydrogen-bond donors (Lipinski definition) is 1. The molecule has 1 aromatic rings. The van der Waals surface area contributed by atoms with Gasteiger partial charge in [-0.05, 0) is 15.9 Å². The van der Waals surface area contributed by atoms with Gasteiger partial charge in [0.05, 0.1) is 12.6 Å². The van der Waals surface area contributed by atoms with Gasteiger partial charge in [-0.2, -0.15) is 8.78 Å². The Kier molecular flexibility index (Phi) is 3.38. The summed E-state index contributed by atoms with van der Waals surface area (Å²) in [5.74, 6) is -0.256. The van der Waals surface area contributed by atoms with Crippen molar-refractivity contribution in [1.29, 1.82) is 0 Å². The van der Waals surface area contributed by atoms with Crippen LogP contribution in [-0.4, -0.2) is 44.9 Å². The summed E-state index contributed by atoms with van der Waals surface area (Å²) in [6.07, 6.45) is -3.30. The van der Waals surface area contributed by atoms with Crippen LogP contribution >= 0.6 is 27.3 Å². The highest BCUT2D eigenvalue weighted by molar-refractivity contribution is 9.11. The molecule has 0 radical (unpaired) electrons. The van der Waals surface area contributed by atoms with Gasteiger partial charge in [-0.25, -0.2) is 0 Å². The Morgan fingerprint density at radius 1 is 1.65 bits per heavy atom. The van der Waals surface area contributed by atoms with Crippen LogP contribution < -0.4 is 15.0 Å². The van der Waals surface area contributed by atoms with Crippen molar-refractivity contribution in [3.05, 3.63) is 8.66 Å². The molecule has 0 bridgehead atoms. The number of amides is 1. The normalized spacial score (nSPS) is 23.7. The molecule has 0 saturated heterocycles. The number of nitrogens with zero attached hydrogens (tertiary/aromatic N) is 1. The van der Waals surface area contributed by atoms with Crippen molar-refractivity contribution < 1.29 is 23.0 Å². The van der Waals surface area contributed by atoms with Crippen molar-refractivity contribution in [3.63, 3.8) is 0 Å². The van der Waals surface area contributed by atoms with Crippen molar-refractivity contribution in [2.75, 3.05) is 31.7 Å². The van der Waals surface area contributed by atoms with E-state index in [1.807, 2.05) is 0 Å². The molecule has 110 valence electrons. The van der Waals surface area contributed by atoms with E-state index in [-0.39, 0.29) is 30.9 Å². The summed E-state index contributed by atoms with van der Waals surface area (Å²) in [5, 5.41) is 2.72. The SMILES string of the molecule is COC[C@@H]1CNC(=O)c2sc(Br)c3c2N1CC(F)(F)O3. The van der Waals surface area contributed by atoms with Crippen molar-refractivity contribution in [1.82, 2.24) is 5.32 Å². The van der Waals surface area contributed by atoms with Crippen molar-refractivity contribution in [3.8, 4) is 5.75 Å². The Hall–Kier alpha value is -0.930. The summed E-state index contributed by atoms with van der Waals surface area (Å²) >= 11 is 4.28. The highest BCUT2D eigenvalue weighted by atomic mass is 79.9. The van der Waals surface area contributed by atoms with Crippen LogP contribution in [0.4, 0.5) is 14.5 Å². The monoisotopic (exact) mass is 368 g/mol. The first kappa shape index (κ1) is 14.0. The molecule has 0 fully saturated rings. The molecule has 20 heavy (non-hydrogen) atoms. The van der Waals surface area contributed by atoms with Gasteiger partial charge in [0.25, 0.3) is 5.91 Å². The molecule has 2 aliphatic rings. The minimum Gasteiger partial charge on any atom is -0.427 e. The van der Waals surface area contributed by atoms with Gasteiger partial charge in [0.1, 0.15) is 20.9 Å². The summed E-state index contributed by atoms with van der Waals surface area (Å²) < 4.78 is 37.7. The zero-order chi connectivity index (χ0) is 14.5. The number of ether oxygens (including phenoxy) is 2. The molecule has 3 rings (SSSR count). The topological polar surface area (TPSA) is 50.8 Å². The van der Waals surface area contributed by atoms with Crippen LogP contribution in [-0.2, 0) is 4.74 Å². The summed E-state index contributed by atoms with van der Waals surface area (Å²) in [6, 6.07) is -0.361. The third-order valence-electron chi connectivity index (χ3n) is 3.20. The van der Waals surface area contributed by atoms with Gasteiger partial charge in [0, 0.05) is 13.7 Å². The predicted molar refractivity (Wildman–Crippen MR) is 72.9 cm³/mol. The second-order valence-electron chi connectivity index (χ2n) is 4.57. The van der Waals surface area contributed by atoms with Gasteiger partial charge in [0.15, 0.2) is 5.75 Å². The van der Waals surface area contributed by atoms with E-state index in [2.05, 4.69) is 21.2 Å². The van der Waals surface area contributed by atoms with E-state index in [1.54, 1.807) is 0 Å². The molecule has 0 aliphatic carbocycles. The van der Waals surface area contributed by atoms with Crippen LogP contribution in [0.15, 0.2) is 3.79 Å². The number of carbonyl (C=O) groups is 1. The van der Waals surface area contributed by atoms with Gasteiger partial charge in [-0.15, -0.1) is 11.3 Å². The number of alkyl halides is 2. The quantitative estimate of drug-likeness (QED) is 0.867. The molecule has 2 aliphatic heterocycles. The van der Waals surface area contributed by atoms with Gasteiger partial charge in [-0.1, -0.05) is 0 Å². The summed E-state index contributed by atoms with van der Waals surface area (Å²) in [4.78, 5) is 13.9. The second kappa shape index (κ2) is 4.81. The van der Waals surface area contributed by atoms with Crippen LogP contribution in [0.2, 0.25) is 0 Å². The molecule has 5 nitrogen and oxygen atoms in total. The molecule has 0 spiro atoms. The molecular formula is C11H11BrF2N2O3S. The third-order valence-corrected chi connectivity index (χ3v) is 4.99. The number of rotatable bonds is 2. The number of hydrogen-bond acceptors (Lipinski definition) is 5.